The number of sulfonamides is 1. The summed E-state index contributed by atoms with van der Waals surface area (Å²) in [6, 6.07) is 1.52. The van der Waals surface area contributed by atoms with Crippen LogP contribution in [0.25, 0.3) is 0 Å². The van der Waals surface area contributed by atoms with Gasteiger partial charge in [-0.2, -0.15) is 0 Å². The summed E-state index contributed by atoms with van der Waals surface area (Å²) in [5, 5.41) is 0. The van der Waals surface area contributed by atoms with Crippen molar-refractivity contribution in [2.24, 2.45) is 0 Å². The number of ether oxygens (including phenoxy) is 1. The molecule has 0 radical (unpaired) electrons. The molecule has 0 aliphatic heterocycles. The average molecular weight is 286 g/mol. The second-order valence-corrected chi connectivity index (χ2v) is 5.67. The Hall–Kier alpha value is -1.78. The van der Waals surface area contributed by atoms with Gasteiger partial charge in [-0.05, 0) is 19.1 Å². The molecule has 0 spiro atoms. The van der Waals surface area contributed by atoms with Crippen LogP contribution in [0.1, 0.15) is 13.3 Å². The van der Waals surface area contributed by atoms with E-state index in [0.717, 1.165) is 12.1 Å². The number of nitrogens with one attached hydrogen (secondary N) is 1. The molecule has 0 amide bonds. The SMILES string of the molecule is C#CCC(C)NS(=O)(=O)c1cc(N)c(OC)c(F)c1. The molecule has 1 unspecified atom stereocenters. The quantitative estimate of drug-likeness (QED) is 0.627. The second-order valence-electron chi connectivity index (χ2n) is 3.96. The van der Waals surface area contributed by atoms with Crippen LogP contribution < -0.4 is 15.2 Å². The standard InChI is InChI=1S/C12H15FN2O3S/c1-4-5-8(2)15-19(16,17)9-6-10(13)12(18-3)11(14)7-9/h1,6-8,15H,5,14H2,2-3H3. The van der Waals surface area contributed by atoms with Crippen molar-refractivity contribution in [3.63, 3.8) is 0 Å². The Kier molecular flexibility index (Phi) is 4.75. The molecular weight excluding hydrogens is 271 g/mol. The number of methoxy groups -OCH3 is 1. The van der Waals surface area contributed by atoms with Gasteiger partial charge in [0.25, 0.3) is 0 Å². The topological polar surface area (TPSA) is 81.4 Å². The van der Waals surface area contributed by atoms with Gasteiger partial charge in [-0.1, -0.05) is 0 Å². The maximum atomic E-state index is 13.6. The highest BCUT2D eigenvalue weighted by atomic mass is 32.2. The molecule has 7 heteroatoms. The van der Waals surface area contributed by atoms with Crippen molar-refractivity contribution < 1.29 is 17.5 Å². The monoisotopic (exact) mass is 286 g/mol. The number of nitrogens with two attached hydrogens (primary N) is 1. The molecule has 1 aromatic rings. The first kappa shape index (κ1) is 15.3. The summed E-state index contributed by atoms with van der Waals surface area (Å²) < 4.78 is 44.6. The lowest BCUT2D eigenvalue weighted by Crippen LogP contribution is -2.32. The summed E-state index contributed by atoms with van der Waals surface area (Å²) >= 11 is 0. The van der Waals surface area contributed by atoms with Crippen molar-refractivity contribution in [1.29, 1.82) is 0 Å². The number of halogens is 1. The zero-order valence-electron chi connectivity index (χ0n) is 10.6. The third-order valence-corrected chi connectivity index (χ3v) is 3.91. The lowest BCUT2D eigenvalue weighted by atomic mass is 10.3. The second kappa shape index (κ2) is 5.91. The van der Waals surface area contributed by atoms with Crippen LogP contribution in [0.5, 0.6) is 5.75 Å². The van der Waals surface area contributed by atoms with Gasteiger partial charge in [0.05, 0.1) is 17.7 Å². The summed E-state index contributed by atoms with van der Waals surface area (Å²) in [4.78, 5) is -0.271. The number of benzene rings is 1. The number of anilines is 1. The van der Waals surface area contributed by atoms with Crippen LogP contribution in [0.15, 0.2) is 17.0 Å². The van der Waals surface area contributed by atoms with Crippen LogP contribution in [-0.4, -0.2) is 21.6 Å². The molecule has 5 nitrogen and oxygen atoms in total. The van der Waals surface area contributed by atoms with Crippen molar-refractivity contribution in [2.45, 2.75) is 24.3 Å². The van der Waals surface area contributed by atoms with Gasteiger partial charge < -0.3 is 10.5 Å². The summed E-state index contributed by atoms with van der Waals surface area (Å²) in [5.41, 5.74) is 5.44. The minimum atomic E-state index is -3.87. The van der Waals surface area contributed by atoms with E-state index in [9.17, 15) is 12.8 Å². The van der Waals surface area contributed by atoms with Gasteiger partial charge in [0.1, 0.15) is 0 Å². The Morgan fingerprint density at radius 3 is 2.68 bits per heavy atom. The van der Waals surface area contributed by atoms with E-state index >= 15 is 0 Å². The third kappa shape index (κ3) is 3.59. The molecule has 104 valence electrons. The van der Waals surface area contributed by atoms with E-state index in [2.05, 4.69) is 10.6 Å². The lowest BCUT2D eigenvalue weighted by Gasteiger charge is -2.13. The minimum absolute atomic E-state index is 0.0903. The predicted molar refractivity (Wildman–Crippen MR) is 70.6 cm³/mol. The molecule has 0 saturated heterocycles. The number of rotatable bonds is 5. The van der Waals surface area contributed by atoms with Crippen LogP contribution in [0.4, 0.5) is 10.1 Å². The first-order valence-corrected chi connectivity index (χ1v) is 6.89. The summed E-state index contributed by atoms with van der Waals surface area (Å²) in [6.45, 7) is 1.61. The fraction of sp³-hybridized carbons (Fsp3) is 0.333. The van der Waals surface area contributed by atoms with E-state index in [1.165, 1.54) is 7.11 Å². The van der Waals surface area contributed by atoms with Crippen LogP contribution in [0, 0.1) is 18.2 Å². The van der Waals surface area contributed by atoms with Gasteiger partial charge in [-0.15, -0.1) is 12.3 Å². The van der Waals surface area contributed by atoms with Crippen molar-refractivity contribution >= 4 is 15.7 Å². The highest BCUT2D eigenvalue weighted by Crippen LogP contribution is 2.28. The van der Waals surface area contributed by atoms with Crippen molar-refractivity contribution in [1.82, 2.24) is 4.72 Å². The Morgan fingerprint density at radius 2 is 2.21 bits per heavy atom. The molecule has 19 heavy (non-hydrogen) atoms. The number of hydrogen-bond acceptors (Lipinski definition) is 4. The first-order valence-electron chi connectivity index (χ1n) is 5.40. The molecular formula is C12H15FN2O3S. The fourth-order valence-corrected chi connectivity index (χ4v) is 2.80. The van der Waals surface area contributed by atoms with Gasteiger partial charge in [0.2, 0.25) is 10.0 Å². The van der Waals surface area contributed by atoms with Gasteiger partial charge in [0.15, 0.2) is 11.6 Å². The maximum Gasteiger partial charge on any atom is 0.241 e. The zero-order chi connectivity index (χ0) is 14.6. The maximum absolute atomic E-state index is 13.6. The van der Waals surface area contributed by atoms with Crippen LogP contribution in [-0.2, 0) is 10.0 Å². The van der Waals surface area contributed by atoms with Crippen LogP contribution in [0.3, 0.4) is 0 Å². The molecule has 1 aromatic carbocycles. The predicted octanol–water partition coefficient (Wildman–Crippen LogP) is 1.11. The first-order chi connectivity index (χ1) is 8.81. The number of terminal acetylenes is 1. The van der Waals surface area contributed by atoms with Crippen LogP contribution >= 0.6 is 0 Å². The third-order valence-electron chi connectivity index (χ3n) is 2.34. The summed E-state index contributed by atoms with van der Waals surface area (Å²) in [5.74, 6) is 1.31. The van der Waals surface area contributed by atoms with E-state index in [1.807, 2.05) is 0 Å². The van der Waals surface area contributed by atoms with Gasteiger partial charge >= 0.3 is 0 Å². The minimum Gasteiger partial charge on any atom is -0.492 e. The Balaban J connectivity index is 3.13. The summed E-state index contributed by atoms with van der Waals surface area (Å²) in [6.07, 6.45) is 5.32. The Labute approximate surface area is 112 Å². The highest BCUT2D eigenvalue weighted by Gasteiger charge is 2.20. The van der Waals surface area contributed by atoms with E-state index in [1.54, 1.807) is 6.92 Å². The molecule has 0 saturated carbocycles. The average Bonchev–Trinajstić information content (AvgIpc) is 2.27. The van der Waals surface area contributed by atoms with Gasteiger partial charge in [-0.25, -0.2) is 17.5 Å². The molecule has 0 bridgehead atoms. The molecule has 0 fully saturated rings. The van der Waals surface area contributed by atoms with Crippen molar-refractivity contribution in [2.75, 3.05) is 12.8 Å². The van der Waals surface area contributed by atoms with E-state index in [0.29, 0.717) is 0 Å². The molecule has 0 aliphatic carbocycles. The molecule has 0 aromatic heterocycles. The Morgan fingerprint density at radius 1 is 1.58 bits per heavy atom. The lowest BCUT2D eigenvalue weighted by molar-refractivity contribution is 0.388. The molecule has 1 atom stereocenters. The summed E-state index contributed by atoms with van der Waals surface area (Å²) in [7, 11) is -2.63. The van der Waals surface area contributed by atoms with Gasteiger partial charge in [0, 0.05) is 12.5 Å². The smallest absolute Gasteiger partial charge is 0.241 e. The van der Waals surface area contributed by atoms with E-state index in [-0.39, 0.29) is 22.8 Å². The largest absolute Gasteiger partial charge is 0.492 e. The fourth-order valence-electron chi connectivity index (χ4n) is 1.51. The molecule has 1 rings (SSSR count). The van der Waals surface area contributed by atoms with Crippen molar-refractivity contribution in [3.8, 4) is 18.1 Å². The van der Waals surface area contributed by atoms with E-state index < -0.39 is 21.9 Å². The molecule has 0 aliphatic rings. The Bertz CT molecular complexity index is 585. The molecule has 0 heterocycles. The highest BCUT2D eigenvalue weighted by molar-refractivity contribution is 7.89. The van der Waals surface area contributed by atoms with E-state index in [4.69, 9.17) is 16.9 Å². The number of nitrogen functional groups attached to an aromatic ring is 1. The van der Waals surface area contributed by atoms with Gasteiger partial charge in [-0.3, -0.25) is 0 Å². The zero-order valence-corrected chi connectivity index (χ0v) is 11.4. The number of hydrogen-bond donors (Lipinski definition) is 2. The normalized spacial score (nSPS) is 12.7. The van der Waals surface area contributed by atoms with Crippen LogP contribution in [0.2, 0.25) is 0 Å². The van der Waals surface area contributed by atoms with Crippen molar-refractivity contribution in [3.05, 3.63) is 17.9 Å². The molecule has 3 N–H and O–H groups in total.